The lowest BCUT2D eigenvalue weighted by Gasteiger charge is -2.19. The highest BCUT2D eigenvalue weighted by molar-refractivity contribution is 6.80. The summed E-state index contributed by atoms with van der Waals surface area (Å²) in [7, 11) is 0. The van der Waals surface area contributed by atoms with E-state index in [1.807, 2.05) is 18.2 Å². The SMILES string of the molecule is Fc1cccc(B(Oc2c(Cl)cc(Cl)c3cccnc23)c2ccc(Cl)cc2)c1. The minimum atomic E-state index is -0.614. The molecule has 7 heteroatoms. The van der Waals surface area contributed by atoms with Gasteiger partial charge in [0.15, 0.2) is 0 Å². The molecule has 1 aromatic heterocycles. The van der Waals surface area contributed by atoms with E-state index >= 15 is 0 Å². The van der Waals surface area contributed by atoms with Crippen LogP contribution in [0.25, 0.3) is 10.9 Å². The molecule has 0 amide bonds. The number of hydrogen-bond acceptors (Lipinski definition) is 2. The van der Waals surface area contributed by atoms with Crippen LogP contribution in [0.5, 0.6) is 5.75 Å². The molecule has 0 saturated heterocycles. The molecule has 0 aliphatic heterocycles. The molecule has 4 aromatic rings. The van der Waals surface area contributed by atoms with Crippen molar-refractivity contribution >= 4 is 63.5 Å². The van der Waals surface area contributed by atoms with Crippen LogP contribution in [0.4, 0.5) is 4.39 Å². The maximum atomic E-state index is 13.9. The normalized spacial score (nSPS) is 10.9. The Labute approximate surface area is 176 Å². The second-order valence-corrected chi connectivity index (χ2v) is 7.42. The lowest BCUT2D eigenvalue weighted by Crippen LogP contribution is -2.47. The predicted octanol–water partition coefficient (Wildman–Crippen LogP) is 5.52. The molecule has 0 atom stereocenters. The molecule has 4 rings (SSSR count). The average molecular weight is 431 g/mol. The van der Waals surface area contributed by atoms with Crippen LogP contribution in [0, 0.1) is 5.82 Å². The zero-order chi connectivity index (χ0) is 19.7. The molecule has 0 bridgehead atoms. The Balaban J connectivity index is 1.87. The molecule has 2 nitrogen and oxygen atoms in total. The average Bonchev–Trinajstić information content (AvgIpc) is 2.69. The summed E-state index contributed by atoms with van der Waals surface area (Å²) in [6, 6.07) is 18.7. The summed E-state index contributed by atoms with van der Waals surface area (Å²) in [5.41, 5.74) is 1.97. The summed E-state index contributed by atoms with van der Waals surface area (Å²) >= 11 is 18.8. The zero-order valence-electron chi connectivity index (χ0n) is 14.4. The van der Waals surface area contributed by atoms with Crippen LogP contribution in [0.15, 0.2) is 72.9 Å². The van der Waals surface area contributed by atoms with Gasteiger partial charge in [-0.1, -0.05) is 59.1 Å². The van der Waals surface area contributed by atoms with Crippen molar-refractivity contribution in [1.29, 1.82) is 0 Å². The molecule has 0 unspecified atom stereocenters. The summed E-state index contributed by atoms with van der Waals surface area (Å²) in [5, 5.41) is 2.12. The van der Waals surface area contributed by atoms with Gasteiger partial charge in [-0.2, -0.15) is 0 Å². The van der Waals surface area contributed by atoms with E-state index in [0.29, 0.717) is 31.8 Å². The fourth-order valence-electron chi connectivity index (χ4n) is 3.01. The Kier molecular flexibility index (Phi) is 5.45. The number of hydrogen-bond donors (Lipinski definition) is 0. The molecule has 0 radical (unpaired) electrons. The first kappa shape index (κ1) is 19.1. The Morgan fingerprint density at radius 2 is 1.61 bits per heavy atom. The monoisotopic (exact) mass is 429 g/mol. The Morgan fingerprint density at radius 1 is 0.821 bits per heavy atom. The van der Waals surface area contributed by atoms with Crippen molar-refractivity contribution in [3.8, 4) is 5.75 Å². The van der Waals surface area contributed by atoms with E-state index in [-0.39, 0.29) is 5.82 Å². The molecule has 138 valence electrons. The molecule has 0 aliphatic carbocycles. The predicted molar refractivity (Wildman–Crippen MR) is 115 cm³/mol. The van der Waals surface area contributed by atoms with Gasteiger partial charge >= 0.3 is 6.92 Å². The summed E-state index contributed by atoms with van der Waals surface area (Å²) in [6.45, 7) is -0.614. The third-order valence-corrected chi connectivity index (χ3v) is 5.16. The van der Waals surface area contributed by atoms with Crippen molar-refractivity contribution in [2.45, 2.75) is 0 Å². The van der Waals surface area contributed by atoms with E-state index in [1.54, 1.807) is 42.6 Å². The maximum Gasteiger partial charge on any atom is 0.426 e. The fourth-order valence-corrected chi connectivity index (χ4v) is 3.70. The molecule has 0 N–H and O–H groups in total. The third kappa shape index (κ3) is 3.81. The number of benzene rings is 3. The number of rotatable bonds is 4. The van der Waals surface area contributed by atoms with Crippen LogP contribution in [0.1, 0.15) is 0 Å². The van der Waals surface area contributed by atoms with Crippen LogP contribution < -0.4 is 15.6 Å². The summed E-state index contributed by atoms with van der Waals surface area (Å²) in [6.07, 6.45) is 1.64. The van der Waals surface area contributed by atoms with Crippen molar-refractivity contribution < 1.29 is 9.04 Å². The molecule has 0 fully saturated rings. The van der Waals surface area contributed by atoms with Gasteiger partial charge in [0.25, 0.3) is 0 Å². The van der Waals surface area contributed by atoms with Crippen molar-refractivity contribution in [2.24, 2.45) is 0 Å². The van der Waals surface area contributed by atoms with Gasteiger partial charge in [0.2, 0.25) is 0 Å². The van der Waals surface area contributed by atoms with Crippen molar-refractivity contribution in [2.75, 3.05) is 0 Å². The largest absolute Gasteiger partial charge is 0.549 e. The second-order valence-electron chi connectivity index (χ2n) is 6.17. The highest BCUT2D eigenvalue weighted by Crippen LogP contribution is 2.37. The lowest BCUT2D eigenvalue weighted by molar-refractivity contribution is 0.595. The van der Waals surface area contributed by atoms with Gasteiger partial charge in [-0.3, -0.25) is 4.98 Å². The number of pyridine rings is 1. The Hall–Kier alpha value is -2.27. The van der Waals surface area contributed by atoms with Crippen LogP contribution in [-0.2, 0) is 0 Å². The van der Waals surface area contributed by atoms with Gasteiger partial charge < -0.3 is 4.65 Å². The van der Waals surface area contributed by atoms with Gasteiger partial charge in [-0.05, 0) is 53.4 Å². The summed E-state index contributed by atoms with van der Waals surface area (Å²) in [5.74, 6) is 0.0242. The molecular weight excluding hydrogens is 418 g/mol. The zero-order valence-corrected chi connectivity index (χ0v) is 16.6. The lowest BCUT2D eigenvalue weighted by atomic mass is 9.55. The Bertz CT molecular complexity index is 1150. The minimum absolute atomic E-state index is 0.326. The molecule has 3 aromatic carbocycles. The maximum absolute atomic E-state index is 13.9. The number of fused-ring (bicyclic) bond motifs is 1. The first-order valence-electron chi connectivity index (χ1n) is 8.43. The van der Waals surface area contributed by atoms with Crippen LogP contribution >= 0.6 is 34.8 Å². The van der Waals surface area contributed by atoms with Crippen LogP contribution in [0.3, 0.4) is 0 Å². The molecule has 0 saturated carbocycles. The third-order valence-electron chi connectivity index (χ3n) is 4.31. The Morgan fingerprint density at radius 3 is 2.36 bits per heavy atom. The van der Waals surface area contributed by atoms with E-state index in [1.165, 1.54) is 12.1 Å². The topological polar surface area (TPSA) is 22.1 Å². The van der Waals surface area contributed by atoms with Gasteiger partial charge in [0.05, 0.1) is 10.0 Å². The van der Waals surface area contributed by atoms with Gasteiger partial charge in [0.1, 0.15) is 17.1 Å². The van der Waals surface area contributed by atoms with E-state index in [4.69, 9.17) is 39.5 Å². The second kappa shape index (κ2) is 8.00. The fraction of sp³-hybridized carbons (Fsp3) is 0. The molecule has 28 heavy (non-hydrogen) atoms. The number of aromatic nitrogens is 1. The van der Waals surface area contributed by atoms with Gasteiger partial charge in [-0.15, -0.1) is 0 Å². The van der Waals surface area contributed by atoms with Crippen molar-refractivity contribution in [1.82, 2.24) is 4.98 Å². The first-order valence-corrected chi connectivity index (χ1v) is 9.56. The van der Waals surface area contributed by atoms with Gasteiger partial charge in [0, 0.05) is 16.6 Å². The minimum Gasteiger partial charge on any atom is -0.549 e. The van der Waals surface area contributed by atoms with E-state index in [9.17, 15) is 4.39 Å². The molecule has 0 spiro atoms. The van der Waals surface area contributed by atoms with Crippen molar-refractivity contribution in [3.05, 3.63) is 93.8 Å². The summed E-state index contributed by atoms with van der Waals surface area (Å²) < 4.78 is 20.2. The quantitative estimate of drug-likeness (QED) is 0.398. The number of halogens is 4. The molecule has 1 heterocycles. The number of nitrogens with zero attached hydrogens (tertiary/aromatic N) is 1. The van der Waals surface area contributed by atoms with Gasteiger partial charge in [-0.25, -0.2) is 4.39 Å². The first-order chi connectivity index (χ1) is 13.5. The molecule has 0 aliphatic rings. The summed E-state index contributed by atoms with van der Waals surface area (Å²) in [4.78, 5) is 4.39. The van der Waals surface area contributed by atoms with E-state index < -0.39 is 6.92 Å². The molecular formula is C21H12BCl3FNO. The highest BCUT2D eigenvalue weighted by atomic mass is 35.5. The standard InChI is InChI=1S/C21H12BCl3FNO/c23-15-8-6-13(7-9-15)22(14-3-1-4-16(26)11-14)28-21-19(25)12-18(24)17-5-2-10-27-20(17)21/h1-12H. The van der Waals surface area contributed by atoms with Crippen molar-refractivity contribution in [3.63, 3.8) is 0 Å². The van der Waals surface area contributed by atoms with Crippen LogP contribution in [-0.4, -0.2) is 11.9 Å². The van der Waals surface area contributed by atoms with E-state index in [2.05, 4.69) is 4.98 Å². The van der Waals surface area contributed by atoms with Crippen LogP contribution in [0.2, 0.25) is 15.1 Å². The van der Waals surface area contributed by atoms with E-state index in [0.717, 1.165) is 10.8 Å². The highest BCUT2D eigenvalue weighted by Gasteiger charge is 2.26. The smallest absolute Gasteiger partial charge is 0.426 e.